The summed E-state index contributed by atoms with van der Waals surface area (Å²) < 4.78 is 40.8. The molecule has 0 amide bonds. The van der Waals surface area contributed by atoms with E-state index in [1.807, 2.05) is 6.07 Å². The number of piperazine rings is 1. The lowest BCUT2D eigenvalue weighted by atomic mass is 10.2. The van der Waals surface area contributed by atoms with Crippen molar-refractivity contribution in [3.8, 4) is 5.75 Å². The number of benzene rings is 1. The van der Waals surface area contributed by atoms with Crippen molar-refractivity contribution in [1.29, 1.82) is 0 Å². The highest BCUT2D eigenvalue weighted by Gasteiger charge is 2.31. The molecule has 0 spiro atoms. The molecule has 1 aromatic carbocycles. The number of halogens is 3. The van der Waals surface area contributed by atoms with Crippen molar-refractivity contribution in [2.24, 2.45) is 0 Å². The van der Waals surface area contributed by atoms with Gasteiger partial charge in [-0.05, 0) is 25.1 Å². The zero-order valence-corrected chi connectivity index (χ0v) is 12.6. The van der Waals surface area contributed by atoms with Gasteiger partial charge in [0.2, 0.25) is 0 Å². The van der Waals surface area contributed by atoms with Crippen molar-refractivity contribution in [3.05, 3.63) is 31.2 Å². The predicted octanol–water partition coefficient (Wildman–Crippen LogP) is 3.71. The normalized spacial score (nSPS) is 16.8. The van der Waals surface area contributed by atoms with Gasteiger partial charge in [-0.15, -0.1) is 13.2 Å². The number of hydrogen-bond donors (Lipinski definition) is 0. The van der Waals surface area contributed by atoms with Crippen molar-refractivity contribution >= 4 is 5.69 Å². The van der Waals surface area contributed by atoms with E-state index in [0.29, 0.717) is 0 Å². The van der Waals surface area contributed by atoms with E-state index in [0.717, 1.165) is 57.7 Å². The number of nitrogens with zero attached hydrogens (tertiary/aromatic N) is 2. The Hall–Kier alpha value is -1.43. The van der Waals surface area contributed by atoms with Gasteiger partial charge in [0, 0.05) is 37.9 Å². The van der Waals surface area contributed by atoms with Crippen LogP contribution in [0, 0.1) is 6.92 Å². The Morgan fingerprint density at radius 3 is 2.45 bits per heavy atom. The summed E-state index contributed by atoms with van der Waals surface area (Å²) in [7, 11) is 0. The maximum absolute atomic E-state index is 12.3. The van der Waals surface area contributed by atoms with Crippen molar-refractivity contribution in [3.63, 3.8) is 0 Å². The minimum Gasteiger partial charge on any atom is -0.406 e. The van der Waals surface area contributed by atoms with Crippen LogP contribution in [0.1, 0.15) is 19.3 Å². The van der Waals surface area contributed by atoms with Gasteiger partial charge in [-0.3, -0.25) is 4.90 Å². The monoisotopic (exact) mass is 315 g/mol. The Labute approximate surface area is 129 Å². The highest BCUT2D eigenvalue weighted by molar-refractivity contribution is 5.51. The van der Waals surface area contributed by atoms with E-state index in [2.05, 4.69) is 21.5 Å². The third-order valence-corrected chi connectivity index (χ3v) is 3.76. The van der Waals surface area contributed by atoms with Gasteiger partial charge in [-0.1, -0.05) is 25.8 Å². The van der Waals surface area contributed by atoms with Gasteiger partial charge in [0.15, 0.2) is 0 Å². The summed E-state index contributed by atoms with van der Waals surface area (Å²) >= 11 is 0. The van der Waals surface area contributed by atoms with Crippen LogP contribution >= 0.6 is 0 Å². The fourth-order valence-corrected chi connectivity index (χ4v) is 2.62. The van der Waals surface area contributed by atoms with Gasteiger partial charge in [0.05, 0.1) is 0 Å². The average Bonchev–Trinajstić information content (AvgIpc) is 2.47. The topological polar surface area (TPSA) is 15.7 Å². The lowest BCUT2D eigenvalue weighted by Crippen LogP contribution is -2.46. The molecule has 0 N–H and O–H groups in total. The van der Waals surface area contributed by atoms with E-state index >= 15 is 0 Å². The molecule has 1 aliphatic rings. The Bertz CT molecular complexity index is 457. The lowest BCUT2D eigenvalue weighted by Gasteiger charge is -2.36. The molecule has 3 nitrogen and oxygen atoms in total. The van der Waals surface area contributed by atoms with E-state index in [1.54, 1.807) is 6.07 Å². The highest BCUT2D eigenvalue weighted by Crippen LogP contribution is 2.27. The van der Waals surface area contributed by atoms with Crippen LogP contribution in [-0.2, 0) is 0 Å². The van der Waals surface area contributed by atoms with Gasteiger partial charge in [0.25, 0.3) is 0 Å². The van der Waals surface area contributed by atoms with Gasteiger partial charge < -0.3 is 9.64 Å². The number of hydrogen-bond acceptors (Lipinski definition) is 3. The summed E-state index contributed by atoms with van der Waals surface area (Å²) in [5.74, 6) is -0.164. The highest BCUT2D eigenvalue weighted by atomic mass is 19.4. The standard InChI is InChI=1S/C16H22F3N2O/c1-2-3-4-8-20-9-11-21(12-10-20)14-6-5-7-15(13-14)22-16(17,18)19/h5-7,13H,1-4,8-12H2. The molecule has 0 aromatic heterocycles. The third-order valence-electron chi connectivity index (χ3n) is 3.76. The molecule has 0 atom stereocenters. The largest absolute Gasteiger partial charge is 0.573 e. The molecular weight excluding hydrogens is 293 g/mol. The van der Waals surface area contributed by atoms with E-state index in [9.17, 15) is 13.2 Å². The van der Waals surface area contributed by atoms with Crippen molar-refractivity contribution < 1.29 is 17.9 Å². The van der Waals surface area contributed by atoms with Gasteiger partial charge in [0.1, 0.15) is 5.75 Å². The molecule has 0 unspecified atom stereocenters. The first-order valence-corrected chi connectivity index (χ1v) is 7.60. The number of anilines is 1. The number of unbranched alkanes of at least 4 members (excludes halogenated alkanes) is 2. The number of ether oxygens (including phenoxy) is 1. The van der Waals surface area contributed by atoms with Crippen LogP contribution < -0.4 is 9.64 Å². The average molecular weight is 315 g/mol. The molecule has 1 aromatic rings. The van der Waals surface area contributed by atoms with Crippen LogP contribution in [0.2, 0.25) is 0 Å². The molecule has 0 saturated carbocycles. The Morgan fingerprint density at radius 2 is 1.82 bits per heavy atom. The Morgan fingerprint density at radius 1 is 1.09 bits per heavy atom. The van der Waals surface area contributed by atoms with Crippen LogP contribution in [-0.4, -0.2) is 44.0 Å². The minimum absolute atomic E-state index is 0.164. The maximum Gasteiger partial charge on any atom is 0.573 e. The molecule has 1 saturated heterocycles. The van der Waals surface area contributed by atoms with Crippen molar-refractivity contribution in [1.82, 2.24) is 4.90 Å². The molecular formula is C16H22F3N2O. The SMILES string of the molecule is [CH2]CCCCN1CCN(c2cccc(OC(F)(F)F)c2)CC1. The summed E-state index contributed by atoms with van der Waals surface area (Å²) in [4.78, 5) is 4.49. The fraction of sp³-hybridized carbons (Fsp3) is 0.562. The van der Waals surface area contributed by atoms with Gasteiger partial charge in [-0.2, -0.15) is 0 Å². The van der Waals surface area contributed by atoms with Crippen molar-refractivity contribution in [2.45, 2.75) is 25.6 Å². The summed E-state index contributed by atoms with van der Waals surface area (Å²) in [5, 5.41) is 0. The van der Waals surface area contributed by atoms with E-state index in [4.69, 9.17) is 0 Å². The summed E-state index contributed by atoms with van der Waals surface area (Å²) in [6.07, 6.45) is -1.40. The molecule has 1 fully saturated rings. The first-order chi connectivity index (χ1) is 10.5. The van der Waals surface area contributed by atoms with Crippen LogP contribution in [0.25, 0.3) is 0 Å². The summed E-state index contributed by atoms with van der Waals surface area (Å²) in [6.45, 7) is 8.41. The second-order valence-electron chi connectivity index (χ2n) is 5.43. The van der Waals surface area contributed by atoms with Crippen LogP contribution in [0.15, 0.2) is 24.3 Å². The van der Waals surface area contributed by atoms with E-state index in [-0.39, 0.29) is 5.75 Å². The molecule has 1 heterocycles. The van der Waals surface area contributed by atoms with E-state index < -0.39 is 6.36 Å². The molecule has 0 aliphatic carbocycles. The van der Waals surface area contributed by atoms with Crippen LogP contribution in [0.4, 0.5) is 18.9 Å². The molecule has 6 heteroatoms. The lowest BCUT2D eigenvalue weighted by molar-refractivity contribution is -0.274. The first-order valence-electron chi connectivity index (χ1n) is 7.60. The number of rotatable bonds is 6. The fourth-order valence-electron chi connectivity index (χ4n) is 2.62. The van der Waals surface area contributed by atoms with Crippen LogP contribution in [0.5, 0.6) is 5.75 Å². The molecule has 22 heavy (non-hydrogen) atoms. The van der Waals surface area contributed by atoms with E-state index in [1.165, 1.54) is 12.1 Å². The number of alkyl halides is 3. The Balaban J connectivity index is 1.87. The third kappa shape index (κ3) is 5.40. The second-order valence-corrected chi connectivity index (χ2v) is 5.43. The molecule has 1 aliphatic heterocycles. The zero-order chi connectivity index (χ0) is 16.0. The first kappa shape index (κ1) is 16.9. The molecule has 123 valence electrons. The zero-order valence-electron chi connectivity index (χ0n) is 12.6. The minimum atomic E-state index is -4.65. The molecule has 1 radical (unpaired) electrons. The molecule has 0 bridgehead atoms. The Kier molecular flexibility index (Phi) is 5.94. The summed E-state index contributed by atoms with van der Waals surface area (Å²) in [5.41, 5.74) is 0.777. The van der Waals surface area contributed by atoms with Gasteiger partial charge in [-0.25, -0.2) is 0 Å². The smallest absolute Gasteiger partial charge is 0.406 e. The quantitative estimate of drug-likeness (QED) is 0.744. The molecule has 2 rings (SSSR count). The second kappa shape index (κ2) is 7.72. The predicted molar refractivity (Wildman–Crippen MR) is 81.0 cm³/mol. The summed E-state index contributed by atoms with van der Waals surface area (Å²) in [6, 6.07) is 6.19. The van der Waals surface area contributed by atoms with Crippen molar-refractivity contribution in [2.75, 3.05) is 37.6 Å². The maximum atomic E-state index is 12.3. The van der Waals surface area contributed by atoms with Crippen LogP contribution in [0.3, 0.4) is 0 Å². The van der Waals surface area contributed by atoms with Gasteiger partial charge >= 0.3 is 6.36 Å².